The molecule has 0 aliphatic carbocycles. The van der Waals surface area contributed by atoms with Gasteiger partial charge in [0.15, 0.2) is 5.65 Å². The second-order valence-corrected chi connectivity index (χ2v) is 4.06. The zero-order valence-corrected chi connectivity index (χ0v) is 9.62. The van der Waals surface area contributed by atoms with Crippen LogP contribution in [0.5, 0.6) is 0 Å². The molecule has 3 rings (SSSR count). The summed E-state index contributed by atoms with van der Waals surface area (Å²) in [6, 6.07) is 10.1. The fraction of sp³-hybridized carbons (Fsp3) is 0.167. The molecule has 0 bridgehead atoms. The first-order valence-electron chi connectivity index (χ1n) is 5.37. The average Bonchev–Trinajstić information content (AvgIpc) is 2.75. The van der Waals surface area contributed by atoms with Gasteiger partial charge in [-0.3, -0.25) is 0 Å². The molecular weight excluding hydrogens is 214 g/mol. The summed E-state index contributed by atoms with van der Waals surface area (Å²) in [5.74, 6) is 0. The van der Waals surface area contributed by atoms with Gasteiger partial charge >= 0.3 is 0 Å². The first-order valence-corrected chi connectivity index (χ1v) is 5.37. The summed E-state index contributed by atoms with van der Waals surface area (Å²) in [7, 11) is 0. The van der Waals surface area contributed by atoms with Crippen molar-refractivity contribution in [3.63, 3.8) is 0 Å². The van der Waals surface area contributed by atoms with E-state index in [0.29, 0.717) is 5.65 Å². The Morgan fingerprint density at radius 3 is 2.76 bits per heavy atom. The minimum Gasteiger partial charge on any atom is -0.147 e. The van der Waals surface area contributed by atoms with Gasteiger partial charge in [0.1, 0.15) is 0 Å². The molecule has 0 unspecified atom stereocenters. The topological polar surface area (TPSA) is 56.0 Å². The van der Waals surface area contributed by atoms with Crippen molar-refractivity contribution in [2.45, 2.75) is 13.8 Å². The molecule has 0 atom stereocenters. The Bertz CT molecular complexity index is 686. The first-order chi connectivity index (χ1) is 8.24. The van der Waals surface area contributed by atoms with Crippen molar-refractivity contribution >= 4 is 5.65 Å². The van der Waals surface area contributed by atoms with Gasteiger partial charge in [-0.25, -0.2) is 0 Å². The number of aromatic nitrogens is 5. The van der Waals surface area contributed by atoms with Crippen LogP contribution in [0.25, 0.3) is 16.9 Å². The maximum absolute atomic E-state index is 4.38. The Labute approximate surface area is 98.1 Å². The summed E-state index contributed by atoms with van der Waals surface area (Å²) in [5.41, 5.74) is 5.08. The van der Waals surface area contributed by atoms with Crippen LogP contribution in [0.15, 0.2) is 30.3 Å². The van der Waals surface area contributed by atoms with E-state index in [9.17, 15) is 0 Å². The molecule has 1 aromatic carbocycles. The molecule has 0 saturated carbocycles. The van der Waals surface area contributed by atoms with Crippen molar-refractivity contribution < 1.29 is 0 Å². The van der Waals surface area contributed by atoms with Crippen molar-refractivity contribution in [2.24, 2.45) is 0 Å². The van der Waals surface area contributed by atoms with Gasteiger partial charge in [0.25, 0.3) is 0 Å². The highest BCUT2D eigenvalue weighted by Gasteiger charge is 2.06. The van der Waals surface area contributed by atoms with Gasteiger partial charge in [-0.05, 0) is 42.0 Å². The third-order valence-electron chi connectivity index (χ3n) is 2.73. The van der Waals surface area contributed by atoms with Crippen molar-refractivity contribution in [3.05, 3.63) is 41.5 Å². The van der Waals surface area contributed by atoms with Gasteiger partial charge in [0.2, 0.25) is 0 Å². The van der Waals surface area contributed by atoms with E-state index in [-0.39, 0.29) is 0 Å². The highest BCUT2D eigenvalue weighted by atomic mass is 15.6. The summed E-state index contributed by atoms with van der Waals surface area (Å²) in [4.78, 5) is 0. The average molecular weight is 225 g/mol. The summed E-state index contributed by atoms with van der Waals surface area (Å²) in [6.45, 7) is 4.16. The second-order valence-electron chi connectivity index (χ2n) is 4.06. The number of nitrogens with zero attached hydrogens (tertiary/aromatic N) is 5. The fourth-order valence-corrected chi connectivity index (χ4v) is 1.89. The predicted octanol–water partition coefficient (Wildman–Crippen LogP) is 1.80. The van der Waals surface area contributed by atoms with Gasteiger partial charge in [-0.15, -0.1) is 14.8 Å². The van der Waals surface area contributed by atoms with E-state index in [4.69, 9.17) is 0 Å². The molecule has 17 heavy (non-hydrogen) atoms. The number of rotatable bonds is 1. The smallest absolute Gasteiger partial charge is 0.147 e. The molecule has 0 amide bonds. The van der Waals surface area contributed by atoms with Crippen molar-refractivity contribution in [1.29, 1.82) is 0 Å². The number of fused-ring (bicyclic) bond motifs is 1. The lowest BCUT2D eigenvalue weighted by Crippen LogP contribution is -1.97. The van der Waals surface area contributed by atoms with E-state index in [2.05, 4.69) is 52.7 Å². The SMILES string of the molecule is Cc1ccc(-c2ccc3nnnn3n2)c(C)c1. The van der Waals surface area contributed by atoms with Crippen LogP contribution in [-0.4, -0.2) is 25.3 Å². The molecule has 84 valence electrons. The van der Waals surface area contributed by atoms with Gasteiger partial charge in [0, 0.05) is 5.56 Å². The van der Waals surface area contributed by atoms with Crippen LogP contribution < -0.4 is 0 Å². The molecule has 0 saturated heterocycles. The summed E-state index contributed by atoms with van der Waals surface area (Å²) in [5, 5.41) is 15.6. The monoisotopic (exact) mass is 225 g/mol. The summed E-state index contributed by atoms with van der Waals surface area (Å²) < 4.78 is 1.44. The lowest BCUT2D eigenvalue weighted by atomic mass is 10.0. The highest BCUT2D eigenvalue weighted by molar-refractivity contribution is 5.64. The minimum absolute atomic E-state index is 0.651. The zero-order valence-electron chi connectivity index (χ0n) is 9.62. The van der Waals surface area contributed by atoms with E-state index < -0.39 is 0 Å². The van der Waals surface area contributed by atoms with Gasteiger partial charge < -0.3 is 0 Å². The molecule has 3 aromatic rings. The molecule has 5 nitrogen and oxygen atoms in total. The summed E-state index contributed by atoms with van der Waals surface area (Å²) >= 11 is 0. The predicted molar refractivity (Wildman–Crippen MR) is 63.5 cm³/mol. The lowest BCUT2D eigenvalue weighted by Gasteiger charge is -2.05. The van der Waals surface area contributed by atoms with E-state index in [1.165, 1.54) is 15.8 Å². The van der Waals surface area contributed by atoms with E-state index in [1.54, 1.807) is 0 Å². The minimum atomic E-state index is 0.651. The Morgan fingerprint density at radius 1 is 1.06 bits per heavy atom. The van der Waals surface area contributed by atoms with Crippen molar-refractivity contribution in [3.8, 4) is 11.3 Å². The maximum atomic E-state index is 4.38. The largest absolute Gasteiger partial charge is 0.200 e. The number of aryl methyl sites for hydroxylation is 2. The number of hydrogen-bond donors (Lipinski definition) is 0. The van der Waals surface area contributed by atoms with Crippen LogP contribution >= 0.6 is 0 Å². The van der Waals surface area contributed by atoms with Gasteiger partial charge in [-0.2, -0.15) is 0 Å². The molecule has 0 radical (unpaired) electrons. The zero-order chi connectivity index (χ0) is 11.8. The first kappa shape index (κ1) is 9.89. The Morgan fingerprint density at radius 2 is 1.94 bits per heavy atom. The second kappa shape index (κ2) is 3.62. The van der Waals surface area contributed by atoms with Crippen LogP contribution in [0.3, 0.4) is 0 Å². The maximum Gasteiger partial charge on any atom is 0.200 e. The molecule has 5 heteroatoms. The molecule has 2 aromatic heterocycles. The number of benzene rings is 1. The molecule has 0 fully saturated rings. The molecule has 0 aliphatic heterocycles. The van der Waals surface area contributed by atoms with E-state index in [1.807, 2.05) is 12.1 Å². The van der Waals surface area contributed by atoms with Crippen LogP contribution in [0.4, 0.5) is 0 Å². The van der Waals surface area contributed by atoms with E-state index in [0.717, 1.165) is 11.3 Å². The van der Waals surface area contributed by atoms with Gasteiger partial charge in [-0.1, -0.05) is 23.8 Å². The van der Waals surface area contributed by atoms with Crippen LogP contribution in [0.2, 0.25) is 0 Å². The summed E-state index contributed by atoms with van der Waals surface area (Å²) in [6.07, 6.45) is 0. The number of tetrazole rings is 1. The normalized spacial score (nSPS) is 10.9. The molecule has 0 N–H and O–H groups in total. The third-order valence-corrected chi connectivity index (χ3v) is 2.73. The fourth-order valence-electron chi connectivity index (χ4n) is 1.89. The standard InChI is InChI=1S/C12H11N5/c1-8-3-4-10(9(2)7-8)11-5-6-12-13-15-16-17(12)14-11/h3-7H,1-2H3. The van der Waals surface area contributed by atoms with Crippen molar-refractivity contribution in [2.75, 3.05) is 0 Å². The molecule has 0 aliphatic rings. The Hall–Kier alpha value is -2.30. The molecule has 2 heterocycles. The van der Waals surface area contributed by atoms with Crippen LogP contribution in [-0.2, 0) is 0 Å². The van der Waals surface area contributed by atoms with Gasteiger partial charge in [0.05, 0.1) is 5.69 Å². The van der Waals surface area contributed by atoms with Crippen LogP contribution in [0, 0.1) is 13.8 Å². The lowest BCUT2D eigenvalue weighted by molar-refractivity contribution is 0.736. The van der Waals surface area contributed by atoms with Crippen molar-refractivity contribution in [1.82, 2.24) is 25.3 Å². The Balaban J connectivity index is 2.19. The molecule has 0 spiro atoms. The van der Waals surface area contributed by atoms with Crippen LogP contribution in [0.1, 0.15) is 11.1 Å². The third kappa shape index (κ3) is 1.65. The van der Waals surface area contributed by atoms with E-state index >= 15 is 0 Å². The highest BCUT2D eigenvalue weighted by Crippen LogP contribution is 2.21. The Kier molecular flexibility index (Phi) is 2.11. The quantitative estimate of drug-likeness (QED) is 0.633. The molecular formula is C12H11N5. The number of hydrogen-bond acceptors (Lipinski definition) is 4.